The van der Waals surface area contributed by atoms with Gasteiger partial charge >= 0.3 is 0 Å². The Morgan fingerprint density at radius 2 is 1.46 bits per heavy atom. The lowest BCUT2D eigenvalue weighted by atomic mass is 10.1. The monoisotopic (exact) mass is 536 g/mol. The first-order valence-electron chi connectivity index (χ1n) is 12.7. The third kappa shape index (κ3) is 3.68. The smallest absolute Gasteiger partial charge is 0.125 e. The van der Waals surface area contributed by atoms with Crippen LogP contribution in [0.2, 0.25) is 0 Å². The molecule has 4 aromatic heterocycles. The van der Waals surface area contributed by atoms with Crippen molar-refractivity contribution >= 4 is 54.7 Å². The van der Waals surface area contributed by atoms with Crippen molar-refractivity contribution in [2.24, 2.45) is 0 Å². The number of fused-ring (bicyclic) bond motifs is 4. The topological polar surface area (TPSA) is 43.6 Å². The Morgan fingerprint density at radius 1 is 0.615 bits per heavy atom. The molecule has 0 aliphatic heterocycles. The Morgan fingerprint density at radius 3 is 2.33 bits per heavy atom. The normalized spacial score (nSPS) is 11.6. The number of rotatable bonds is 4. The van der Waals surface area contributed by atoms with E-state index in [2.05, 4.69) is 94.5 Å². The van der Waals surface area contributed by atoms with Gasteiger partial charge in [-0.15, -0.1) is 22.7 Å². The van der Waals surface area contributed by atoms with E-state index in [1.165, 1.54) is 15.5 Å². The van der Waals surface area contributed by atoms with E-state index in [0.29, 0.717) is 0 Å². The molecule has 0 unspecified atom stereocenters. The predicted octanol–water partition coefficient (Wildman–Crippen LogP) is 9.25. The number of pyridine rings is 1. The average Bonchev–Trinajstić information content (AvgIpc) is 3.75. The third-order valence-electron chi connectivity index (χ3n) is 7.08. The standard InChI is InChI=1S/C33H20N4S2/c1-3-10-28-23(7-1)24-14-13-22(32-36-27-9-2-4-11-31(27)39-32)20-29(24)37(28)30-19-21(26-8-5-6-16-34-26)12-15-25(30)33-35-17-18-38-33/h1-20H. The lowest BCUT2D eigenvalue weighted by Gasteiger charge is -2.15. The van der Waals surface area contributed by atoms with E-state index in [9.17, 15) is 0 Å². The summed E-state index contributed by atoms with van der Waals surface area (Å²) in [4.78, 5) is 14.3. The quantitative estimate of drug-likeness (QED) is 0.225. The number of benzene rings is 4. The fraction of sp³-hybridized carbons (Fsp3) is 0. The molecule has 0 atom stereocenters. The van der Waals surface area contributed by atoms with E-state index in [-0.39, 0.29) is 0 Å². The minimum absolute atomic E-state index is 0.945. The maximum atomic E-state index is 4.95. The van der Waals surface area contributed by atoms with Crippen molar-refractivity contribution in [1.82, 2.24) is 19.5 Å². The molecule has 0 amide bonds. The Kier molecular flexibility index (Phi) is 5.14. The molecular weight excluding hydrogens is 517 g/mol. The van der Waals surface area contributed by atoms with Crippen LogP contribution in [0.1, 0.15) is 0 Å². The fourth-order valence-corrected chi connectivity index (χ4v) is 6.94. The predicted molar refractivity (Wildman–Crippen MR) is 164 cm³/mol. The highest BCUT2D eigenvalue weighted by Gasteiger charge is 2.19. The van der Waals surface area contributed by atoms with Crippen molar-refractivity contribution in [3.8, 4) is 38.1 Å². The zero-order chi connectivity index (χ0) is 25.8. The molecule has 4 nitrogen and oxygen atoms in total. The van der Waals surface area contributed by atoms with Gasteiger partial charge in [-0.05, 0) is 48.5 Å². The number of aromatic nitrogens is 4. The van der Waals surface area contributed by atoms with E-state index in [1.54, 1.807) is 22.7 Å². The van der Waals surface area contributed by atoms with Crippen molar-refractivity contribution < 1.29 is 0 Å². The Balaban J connectivity index is 1.44. The number of hydrogen-bond donors (Lipinski definition) is 0. The SMILES string of the molecule is c1ccc(-c2ccc(-c3nccs3)c(-n3c4ccccc4c4ccc(-c5nc6ccccc6s5)cc43)c2)nc1. The Bertz CT molecular complexity index is 2090. The summed E-state index contributed by atoms with van der Waals surface area (Å²) in [6, 6.07) is 36.3. The molecule has 0 bridgehead atoms. The molecule has 4 heterocycles. The van der Waals surface area contributed by atoms with Crippen molar-refractivity contribution in [1.29, 1.82) is 0 Å². The van der Waals surface area contributed by atoms with E-state index in [1.807, 2.05) is 36.0 Å². The van der Waals surface area contributed by atoms with Gasteiger partial charge in [-0.3, -0.25) is 4.98 Å². The average molecular weight is 537 g/mol. The molecule has 184 valence electrons. The molecule has 0 aliphatic rings. The summed E-state index contributed by atoms with van der Waals surface area (Å²) in [5.74, 6) is 0. The van der Waals surface area contributed by atoms with Gasteiger partial charge < -0.3 is 4.57 Å². The highest BCUT2D eigenvalue weighted by Crippen LogP contribution is 2.40. The fourth-order valence-electron chi connectivity index (χ4n) is 5.31. The van der Waals surface area contributed by atoms with Crippen molar-refractivity contribution in [2.45, 2.75) is 0 Å². The zero-order valence-electron chi connectivity index (χ0n) is 20.7. The van der Waals surface area contributed by atoms with Crippen LogP contribution in [0.4, 0.5) is 0 Å². The molecule has 0 radical (unpaired) electrons. The lowest BCUT2D eigenvalue weighted by molar-refractivity contribution is 1.18. The lowest BCUT2D eigenvalue weighted by Crippen LogP contribution is -1.98. The van der Waals surface area contributed by atoms with Crippen LogP contribution in [0.3, 0.4) is 0 Å². The molecule has 0 saturated carbocycles. The van der Waals surface area contributed by atoms with Crippen molar-refractivity contribution in [3.63, 3.8) is 0 Å². The minimum atomic E-state index is 0.945. The van der Waals surface area contributed by atoms with Gasteiger partial charge in [-0.1, -0.05) is 54.6 Å². The number of thiazole rings is 2. The molecule has 0 fully saturated rings. The van der Waals surface area contributed by atoms with Gasteiger partial charge in [0, 0.05) is 45.2 Å². The van der Waals surface area contributed by atoms with E-state index >= 15 is 0 Å². The van der Waals surface area contributed by atoms with Gasteiger partial charge in [-0.2, -0.15) is 0 Å². The zero-order valence-corrected chi connectivity index (χ0v) is 22.3. The summed E-state index contributed by atoms with van der Waals surface area (Å²) in [6.45, 7) is 0. The van der Waals surface area contributed by atoms with Gasteiger partial charge in [-0.25, -0.2) is 9.97 Å². The van der Waals surface area contributed by atoms with Crippen LogP contribution in [-0.2, 0) is 0 Å². The van der Waals surface area contributed by atoms with Crippen LogP contribution in [0.5, 0.6) is 0 Å². The molecule has 39 heavy (non-hydrogen) atoms. The summed E-state index contributed by atoms with van der Waals surface area (Å²) in [5, 5.41) is 6.48. The molecule has 0 N–H and O–H groups in total. The second kappa shape index (κ2) is 8.98. The first kappa shape index (κ1) is 22.3. The summed E-state index contributed by atoms with van der Waals surface area (Å²) in [6.07, 6.45) is 3.71. The van der Waals surface area contributed by atoms with Crippen LogP contribution >= 0.6 is 22.7 Å². The molecule has 0 spiro atoms. The van der Waals surface area contributed by atoms with Crippen molar-refractivity contribution in [3.05, 3.63) is 121 Å². The van der Waals surface area contributed by atoms with Crippen molar-refractivity contribution in [2.75, 3.05) is 0 Å². The number of nitrogens with zero attached hydrogens (tertiary/aromatic N) is 4. The van der Waals surface area contributed by atoms with Crippen LogP contribution in [0.25, 0.3) is 70.1 Å². The van der Waals surface area contributed by atoms with E-state index < -0.39 is 0 Å². The summed E-state index contributed by atoms with van der Waals surface area (Å²) < 4.78 is 3.58. The van der Waals surface area contributed by atoms with Gasteiger partial charge in [0.1, 0.15) is 10.0 Å². The van der Waals surface area contributed by atoms with Crippen LogP contribution in [-0.4, -0.2) is 19.5 Å². The Hall–Kier alpha value is -4.65. The summed E-state index contributed by atoms with van der Waals surface area (Å²) in [7, 11) is 0. The maximum absolute atomic E-state index is 4.95. The largest absolute Gasteiger partial charge is 0.308 e. The first-order chi connectivity index (χ1) is 19.3. The van der Waals surface area contributed by atoms with Gasteiger partial charge in [0.2, 0.25) is 0 Å². The van der Waals surface area contributed by atoms with Gasteiger partial charge in [0.05, 0.1) is 32.6 Å². The van der Waals surface area contributed by atoms with Crippen LogP contribution in [0.15, 0.2) is 121 Å². The third-order valence-corrected chi connectivity index (χ3v) is 8.97. The van der Waals surface area contributed by atoms with E-state index in [0.717, 1.165) is 54.6 Å². The summed E-state index contributed by atoms with van der Waals surface area (Å²) in [5.41, 5.74) is 8.64. The molecular formula is C33H20N4S2. The molecule has 6 heteroatoms. The summed E-state index contributed by atoms with van der Waals surface area (Å²) >= 11 is 3.39. The van der Waals surface area contributed by atoms with Crippen LogP contribution < -0.4 is 0 Å². The Labute approximate surface area is 232 Å². The van der Waals surface area contributed by atoms with E-state index in [4.69, 9.17) is 9.97 Å². The highest BCUT2D eigenvalue weighted by atomic mass is 32.1. The van der Waals surface area contributed by atoms with Crippen LogP contribution in [0, 0.1) is 0 Å². The van der Waals surface area contributed by atoms with Gasteiger partial charge in [0.25, 0.3) is 0 Å². The minimum Gasteiger partial charge on any atom is -0.308 e. The second-order valence-corrected chi connectivity index (χ2v) is 11.3. The second-order valence-electron chi connectivity index (χ2n) is 9.36. The molecule has 8 aromatic rings. The molecule has 0 aliphatic carbocycles. The number of hydrogen-bond acceptors (Lipinski definition) is 5. The molecule has 4 aromatic carbocycles. The highest BCUT2D eigenvalue weighted by molar-refractivity contribution is 7.21. The van der Waals surface area contributed by atoms with Gasteiger partial charge in [0.15, 0.2) is 0 Å². The first-order valence-corrected chi connectivity index (χ1v) is 14.4. The number of para-hydroxylation sites is 2. The maximum Gasteiger partial charge on any atom is 0.125 e. The molecule has 8 rings (SSSR count). The molecule has 0 saturated heterocycles.